The molecule has 2 rings (SSSR count). The SMILES string of the molecule is Cc1noc(C)c1CCC(=O)N[C@@H]1CCOC(C)(C)C1. The predicted octanol–water partition coefficient (Wildman–Crippen LogP) is 2.30. The molecule has 1 aliphatic heterocycles. The molecular weight excluding hydrogens is 256 g/mol. The highest BCUT2D eigenvalue weighted by molar-refractivity contribution is 5.76. The number of hydrogen-bond donors (Lipinski definition) is 1. The lowest BCUT2D eigenvalue weighted by molar-refractivity contribution is -0.124. The third kappa shape index (κ3) is 3.82. The van der Waals surface area contributed by atoms with Crippen LogP contribution in [0.4, 0.5) is 0 Å². The monoisotopic (exact) mass is 280 g/mol. The van der Waals surface area contributed by atoms with E-state index in [4.69, 9.17) is 9.26 Å². The van der Waals surface area contributed by atoms with Crippen molar-refractivity contribution in [3.05, 3.63) is 17.0 Å². The van der Waals surface area contributed by atoms with Crippen molar-refractivity contribution in [3.63, 3.8) is 0 Å². The van der Waals surface area contributed by atoms with Gasteiger partial charge in [0.1, 0.15) is 5.76 Å². The van der Waals surface area contributed by atoms with Crippen LogP contribution in [0, 0.1) is 13.8 Å². The minimum atomic E-state index is -0.141. The third-order valence-electron chi connectivity index (χ3n) is 3.85. The van der Waals surface area contributed by atoms with E-state index in [0.29, 0.717) is 19.4 Å². The summed E-state index contributed by atoms with van der Waals surface area (Å²) < 4.78 is 10.8. The molecule has 0 unspecified atom stereocenters. The van der Waals surface area contributed by atoms with Gasteiger partial charge in [0.05, 0.1) is 11.3 Å². The summed E-state index contributed by atoms with van der Waals surface area (Å²) in [5, 5.41) is 7.01. The maximum absolute atomic E-state index is 12.0. The molecule has 5 nitrogen and oxygen atoms in total. The molecule has 1 saturated heterocycles. The van der Waals surface area contributed by atoms with Crippen LogP contribution in [0.1, 0.15) is 50.1 Å². The van der Waals surface area contributed by atoms with Gasteiger partial charge in [-0.05, 0) is 47.0 Å². The Morgan fingerprint density at radius 2 is 2.20 bits per heavy atom. The first-order chi connectivity index (χ1) is 9.37. The lowest BCUT2D eigenvalue weighted by Gasteiger charge is -2.35. The molecule has 1 N–H and O–H groups in total. The van der Waals surface area contributed by atoms with E-state index in [9.17, 15) is 4.79 Å². The van der Waals surface area contributed by atoms with Crippen LogP contribution in [0.2, 0.25) is 0 Å². The number of nitrogens with one attached hydrogen (secondary N) is 1. The van der Waals surface area contributed by atoms with Gasteiger partial charge in [0.15, 0.2) is 0 Å². The molecule has 1 aliphatic rings. The molecule has 5 heteroatoms. The molecule has 0 bridgehead atoms. The largest absolute Gasteiger partial charge is 0.375 e. The lowest BCUT2D eigenvalue weighted by atomic mass is 9.94. The van der Waals surface area contributed by atoms with Crippen LogP contribution in [-0.2, 0) is 16.0 Å². The van der Waals surface area contributed by atoms with Gasteiger partial charge in [-0.25, -0.2) is 0 Å². The quantitative estimate of drug-likeness (QED) is 0.919. The molecule has 0 aromatic carbocycles. The zero-order valence-corrected chi connectivity index (χ0v) is 12.8. The molecule has 112 valence electrons. The normalized spacial score (nSPS) is 21.7. The Bertz CT molecular complexity index is 460. The molecule has 20 heavy (non-hydrogen) atoms. The summed E-state index contributed by atoms with van der Waals surface area (Å²) >= 11 is 0. The molecule has 2 heterocycles. The zero-order chi connectivity index (χ0) is 14.8. The van der Waals surface area contributed by atoms with Crippen molar-refractivity contribution in [2.75, 3.05) is 6.61 Å². The Kier molecular flexibility index (Phi) is 4.48. The van der Waals surface area contributed by atoms with Crippen molar-refractivity contribution in [2.45, 2.75) is 65.0 Å². The Hall–Kier alpha value is -1.36. The van der Waals surface area contributed by atoms with Gasteiger partial charge in [0, 0.05) is 24.6 Å². The van der Waals surface area contributed by atoms with E-state index in [1.807, 2.05) is 13.8 Å². The average Bonchev–Trinajstić information content (AvgIpc) is 2.65. The highest BCUT2D eigenvalue weighted by atomic mass is 16.5. The Morgan fingerprint density at radius 3 is 2.80 bits per heavy atom. The molecule has 1 amide bonds. The molecule has 0 saturated carbocycles. The van der Waals surface area contributed by atoms with E-state index in [0.717, 1.165) is 29.9 Å². The number of carbonyl (C=O) groups excluding carboxylic acids is 1. The first-order valence-electron chi connectivity index (χ1n) is 7.22. The van der Waals surface area contributed by atoms with Crippen molar-refractivity contribution >= 4 is 5.91 Å². The van der Waals surface area contributed by atoms with E-state index in [1.165, 1.54) is 0 Å². The van der Waals surface area contributed by atoms with Crippen molar-refractivity contribution < 1.29 is 14.1 Å². The smallest absolute Gasteiger partial charge is 0.220 e. The van der Waals surface area contributed by atoms with Gasteiger partial charge in [-0.15, -0.1) is 0 Å². The van der Waals surface area contributed by atoms with Crippen LogP contribution in [0.25, 0.3) is 0 Å². The number of hydrogen-bond acceptors (Lipinski definition) is 4. The van der Waals surface area contributed by atoms with Gasteiger partial charge in [0.25, 0.3) is 0 Å². The van der Waals surface area contributed by atoms with Gasteiger partial charge in [-0.2, -0.15) is 0 Å². The lowest BCUT2D eigenvalue weighted by Crippen LogP contribution is -2.45. The fourth-order valence-electron chi connectivity index (χ4n) is 2.75. The topological polar surface area (TPSA) is 64.4 Å². The predicted molar refractivity (Wildman–Crippen MR) is 75.5 cm³/mol. The third-order valence-corrected chi connectivity index (χ3v) is 3.85. The zero-order valence-electron chi connectivity index (χ0n) is 12.8. The molecule has 1 fully saturated rings. The fourth-order valence-corrected chi connectivity index (χ4v) is 2.75. The van der Waals surface area contributed by atoms with Gasteiger partial charge in [0.2, 0.25) is 5.91 Å². The van der Waals surface area contributed by atoms with Crippen LogP contribution in [-0.4, -0.2) is 29.3 Å². The van der Waals surface area contributed by atoms with Crippen LogP contribution in [0.3, 0.4) is 0 Å². The number of ether oxygens (including phenoxy) is 1. The molecular formula is C15H24N2O3. The summed E-state index contributed by atoms with van der Waals surface area (Å²) in [7, 11) is 0. The molecule has 0 spiro atoms. The van der Waals surface area contributed by atoms with Crippen LogP contribution < -0.4 is 5.32 Å². The van der Waals surface area contributed by atoms with E-state index in [1.54, 1.807) is 0 Å². The summed E-state index contributed by atoms with van der Waals surface area (Å²) in [5.41, 5.74) is 1.78. The number of rotatable bonds is 4. The number of amides is 1. The van der Waals surface area contributed by atoms with Crippen molar-refractivity contribution in [2.24, 2.45) is 0 Å². The number of nitrogens with zero attached hydrogens (tertiary/aromatic N) is 1. The number of aryl methyl sites for hydroxylation is 2. The maximum atomic E-state index is 12.0. The van der Waals surface area contributed by atoms with Crippen LogP contribution in [0.5, 0.6) is 0 Å². The minimum absolute atomic E-state index is 0.0905. The second kappa shape index (κ2) is 5.95. The highest BCUT2D eigenvalue weighted by Crippen LogP contribution is 2.24. The number of carbonyl (C=O) groups is 1. The molecule has 0 radical (unpaired) electrons. The summed E-state index contributed by atoms with van der Waals surface area (Å²) in [4.78, 5) is 12.0. The Balaban J connectivity index is 1.81. The first kappa shape index (κ1) is 15.0. The summed E-state index contributed by atoms with van der Waals surface area (Å²) in [6, 6.07) is 0.218. The standard InChI is InChI=1S/C15H24N2O3/c1-10-13(11(2)20-17-10)5-6-14(18)16-12-7-8-19-15(3,4)9-12/h12H,5-9H2,1-4H3,(H,16,18)/t12-/m1/s1. The second-order valence-electron chi connectivity index (χ2n) is 6.17. The molecule has 1 aromatic rings. The molecule has 1 atom stereocenters. The van der Waals surface area contributed by atoms with Gasteiger partial charge in [-0.3, -0.25) is 4.79 Å². The fraction of sp³-hybridized carbons (Fsp3) is 0.733. The van der Waals surface area contributed by atoms with Crippen molar-refractivity contribution in [1.29, 1.82) is 0 Å². The van der Waals surface area contributed by atoms with Crippen LogP contribution >= 0.6 is 0 Å². The highest BCUT2D eigenvalue weighted by Gasteiger charge is 2.29. The van der Waals surface area contributed by atoms with Crippen molar-refractivity contribution in [1.82, 2.24) is 10.5 Å². The number of aromatic nitrogens is 1. The van der Waals surface area contributed by atoms with Gasteiger partial charge >= 0.3 is 0 Å². The minimum Gasteiger partial charge on any atom is -0.375 e. The molecule has 0 aliphatic carbocycles. The Morgan fingerprint density at radius 1 is 1.45 bits per heavy atom. The summed E-state index contributed by atoms with van der Waals surface area (Å²) in [6.07, 6.45) is 2.91. The second-order valence-corrected chi connectivity index (χ2v) is 6.17. The van der Waals surface area contributed by atoms with E-state index in [-0.39, 0.29) is 17.6 Å². The van der Waals surface area contributed by atoms with E-state index in [2.05, 4.69) is 24.3 Å². The Labute approximate surface area is 120 Å². The summed E-state index contributed by atoms with van der Waals surface area (Å²) in [5.74, 6) is 0.898. The average molecular weight is 280 g/mol. The maximum Gasteiger partial charge on any atom is 0.220 e. The van der Waals surface area contributed by atoms with E-state index >= 15 is 0 Å². The van der Waals surface area contributed by atoms with Crippen LogP contribution in [0.15, 0.2) is 4.52 Å². The van der Waals surface area contributed by atoms with Crippen molar-refractivity contribution in [3.8, 4) is 0 Å². The van der Waals surface area contributed by atoms with Gasteiger partial charge in [-0.1, -0.05) is 5.16 Å². The molecule has 1 aromatic heterocycles. The van der Waals surface area contributed by atoms with Gasteiger partial charge < -0.3 is 14.6 Å². The summed E-state index contributed by atoms with van der Waals surface area (Å²) in [6.45, 7) is 8.63. The first-order valence-corrected chi connectivity index (χ1v) is 7.22. The van der Waals surface area contributed by atoms with E-state index < -0.39 is 0 Å².